The van der Waals surface area contributed by atoms with Gasteiger partial charge in [0.2, 0.25) is 23.7 Å². The summed E-state index contributed by atoms with van der Waals surface area (Å²) in [5.74, 6) is 0.252. The predicted molar refractivity (Wildman–Crippen MR) is 250 cm³/mol. The van der Waals surface area contributed by atoms with Crippen molar-refractivity contribution in [3.8, 4) is 0 Å². The number of anilines is 3. The fourth-order valence-electron chi connectivity index (χ4n) is 9.78. The fourth-order valence-corrected chi connectivity index (χ4v) is 10.6. The van der Waals surface area contributed by atoms with Gasteiger partial charge in [-0.25, -0.2) is 19.9 Å². The highest BCUT2D eigenvalue weighted by molar-refractivity contribution is 7.99. The first-order chi connectivity index (χ1) is 31.9. The summed E-state index contributed by atoms with van der Waals surface area (Å²) < 4.78 is 0. The molecule has 1 spiro atoms. The number of aromatic nitrogens is 4. The zero-order chi connectivity index (χ0) is 45.8. The lowest BCUT2D eigenvalue weighted by atomic mass is 9.79. The van der Waals surface area contributed by atoms with Gasteiger partial charge in [0, 0.05) is 105 Å². The van der Waals surface area contributed by atoms with E-state index in [1.807, 2.05) is 42.7 Å². The lowest BCUT2D eigenvalue weighted by molar-refractivity contribution is -0.137. The van der Waals surface area contributed by atoms with Gasteiger partial charge in [0.15, 0.2) is 0 Å². The van der Waals surface area contributed by atoms with Crippen LogP contribution in [0.3, 0.4) is 0 Å². The molecule has 66 heavy (non-hydrogen) atoms. The number of rotatable bonds is 16. The number of imide groups is 1. The highest BCUT2D eigenvalue weighted by Gasteiger charge is 2.47. The molecule has 0 saturated carbocycles. The number of piperidine rings is 2. The van der Waals surface area contributed by atoms with Gasteiger partial charge in [0.05, 0.1) is 18.0 Å². The topological polar surface area (TPSA) is 212 Å². The summed E-state index contributed by atoms with van der Waals surface area (Å²) in [4.78, 5) is 90.7. The zero-order valence-corrected chi connectivity index (χ0v) is 38.3. The second-order valence-corrected chi connectivity index (χ2v) is 20.0. The van der Waals surface area contributed by atoms with Gasteiger partial charge in [-0.3, -0.25) is 29.3 Å². The molecule has 9 rings (SSSR count). The summed E-state index contributed by atoms with van der Waals surface area (Å²) in [6, 6.07) is 12.6. The molecule has 1 atom stereocenters. The van der Waals surface area contributed by atoms with E-state index >= 15 is 0 Å². The number of benzene rings is 2. The Morgan fingerprint density at radius 2 is 1.67 bits per heavy atom. The minimum absolute atomic E-state index is 0.0313. The highest BCUT2D eigenvalue weighted by atomic mass is 32.2. The van der Waals surface area contributed by atoms with Gasteiger partial charge in [-0.1, -0.05) is 42.8 Å². The standard InChI is InChI=1S/C48H58N12O5S/c1-47(49)14-18-58(19-15-47)39-26-51-42(27-50-39)66-36-8-6-7-35(22-36)55-40(61)9-4-2-3-5-17-57-29-48(30-57)16-20-59(31-48)46-53-24-34(25-54-46)43(63)52-23-32-10-11-37-33(21-32)28-60(45(37)65)38-12-13-41(62)56-44(38)64/h6-8,10-11,21-22,24-27,38H,2-5,9,12-20,23,28-31,49H2,1H3,(H,52,63)(H,55,61)(H,56,62,64). The second-order valence-electron chi connectivity index (χ2n) is 18.9. The van der Waals surface area contributed by atoms with Crippen LogP contribution in [0.2, 0.25) is 0 Å². The molecule has 5 N–H and O–H groups in total. The largest absolute Gasteiger partial charge is 0.355 e. The van der Waals surface area contributed by atoms with E-state index in [1.165, 1.54) is 16.7 Å². The summed E-state index contributed by atoms with van der Waals surface area (Å²) >= 11 is 1.53. The lowest BCUT2D eigenvalue weighted by Crippen LogP contribution is -2.57. The Labute approximate surface area is 389 Å². The van der Waals surface area contributed by atoms with Crippen molar-refractivity contribution >= 4 is 58.8 Å². The van der Waals surface area contributed by atoms with E-state index in [4.69, 9.17) is 5.73 Å². The average molecular weight is 915 g/mol. The average Bonchev–Trinajstić information content (AvgIpc) is 3.88. The van der Waals surface area contributed by atoms with Crippen molar-refractivity contribution in [2.75, 3.05) is 60.9 Å². The molecule has 4 saturated heterocycles. The second kappa shape index (κ2) is 19.5. The van der Waals surface area contributed by atoms with Crippen molar-refractivity contribution in [2.24, 2.45) is 11.1 Å². The molecular weight excluding hydrogens is 857 g/mol. The number of nitrogens with zero attached hydrogens (tertiary/aromatic N) is 8. The number of nitrogens with two attached hydrogens (primary N) is 1. The minimum Gasteiger partial charge on any atom is -0.355 e. The van der Waals surface area contributed by atoms with E-state index in [0.29, 0.717) is 29.9 Å². The van der Waals surface area contributed by atoms with E-state index in [1.54, 1.807) is 24.5 Å². The number of hydrogen-bond acceptors (Lipinski definition) is 14. The Bertz CT molecular complexity index is 2450. The number of carbonyl (C=O) groups is 5. The predicted octanol–water partition coefficient (Wildman–Crippen LogP) is 4.53. The highest BCUT2D eigenvalue weighted by Crippen LogP contribution is 2.40. The molecule has 0 aliphatic carbocycles. The number of hydrogen-bond donors (Lipinski definition) is 4. The maximum Gasteiger partial charge on any atom is 0.255 e. The van der Waals surface area contributed by atoms with E-state index in [2.05, 4.69) is 57.5 Å². The maximum atomic E-state index is 13.0. The number of unbranched alkanes of at least 4 members (excludes halogenated alkanes) is 3. The molecule has 7 heterocycles. The van der Waals surface area contributed by atoms with Crippen LogP contribution < -0.4 is 31.5 Å². The molecule has 2 aromatic carbocycles. The molecule has 5 aliphatic heterocycles. The molecule has 4 fully saturated rings. The third kappa shape index (κ3) is 10.7. The van der Waals surface area contributed by atoms with Crippen LogP contribution in [0.15, 0.2) is 77.2 Å². The summed E-state index contributed by atoms with van der Waals surface area (Å²) in [5, 5.41) is 9.12. The molecule has 1 unspecified atom stereocenters. The summed E-state index contributed by atoms with van der Waals surface area (Å²) in [7, 11) is 0. The van der Waals surface area contributed by atoms with Crippen molar-refractivity contribution in [2.45, 2.75) is 106 Å². The normalized spacial score (nSPS) is 20.0. The molecule has 18 heteroatoms. The zero-order valence-electron chi connectivity index (χ0n) is 37.5. The van der Waals surface area contributed by atoms with E-state index in [9.17, 15) is 24.0 Å². The van der Waals surface area contributed by atoms with Gasteiger partial charge in [-0.05, 0) is 87.4 Å². The van der Waals surface area contributed by atoms with E-state index in [-0.39, 0.29) is 54.1 Å². The Morgan fingerprint density at radius 1 is 0.879 bits per heavy atom. The van der Waals surface area contributed by atoms with Crippen molar-refractivity contribution < 1.29 is 24.0 Å². The van der Waals surface area contributed by atoms with Gasteiger partial charge in [0.25, 0.3) is 11.8 Å². The number of carbonyl (C=O) groups excluding carboxylic acids is 5. The third-order valence-corrected chi connectivity index (χ3v) is 14.5. The summed E-state index contributed by atoms with van der Waals surface area (Å²) in [6.45, 7) is 9.34. The Morgan fingerprint density at radius 3 is 2.44 bits per heavy atom. The van der Waals surface area contributed by atoms with Crippen LogP contribution in [0, 0.1) is 5.41 Å². The third-order valence-electron chi connectivity index (χ3n) is 13.6. The van der Waals surface area contributed by atoms with Crippen molar-refractivity contribution in [1.29, 1.82) is 0 Å². The smallest absolute Gasteiger partial charge is 0.255 e. The van der Waals surface area contributed by atoms with Crippen molar-refractivity contribution in [1.82, 2.24) is 40.4 Å². The molecular formula is C48H58N12O5S. The van der Waals surface area contributed by atoms with Gasteiger partial charge in [-0.15, -0.1) is 0 Å². The SMILES string of the molecule is CC1(N)CCN(c2cnc(Sc3cccc(NC(=O)CCCCCCN4CC5(CCN(c6ncc(C(=O)NCc7ccc8c(c7)CN(C7CCC(=O)NC7=O)C8=O)cn6)C5)C4)c3)cn2)CC1. The molecule has 5 amide bonds. The van der Waals surface area contributed by atoms with Crippen LogP contribution in [0.25, 0.3) is 0 Å². The molecule has 346 valence electrons. The number of fused-ring (bicyclic) bond motifs is 1. The van der Waals surface area contributed by atoms with Crippen molar-refractivity contribution in [3.63, 3.8) is 0 Å². The Kier molecular flexibility index (Phi) is 13.3. The number of amides is 5. The summed E-state index contributed by atoms with van der Waals surface area (Å²) in [5.41, 5.74) is 9.71. The van der Waals surface area contributed by atoms with Gasteiger partial charge in [0.1, 0.15) is 16.9 Å². The number of nitrogens with one attached hydrogen (secondary N) is 3. The van der Waals surface area contributed by atoms with Crippen LogP contribution in [0.4, 0.5) is 17.5 Å². The van der Waals surface area contributed by atoms with Crippen LogP contribution in [-0.2, 0) is 27.5 Å². The first kappa shape index (κ1) is 45.2. The molecule has 5 aliphatic rings. The molecule has 17 nitrogen and oxygen atoms in total. The fraction of sp³-hybridized carbons (Fsp3) is 0.479. The first-order valence-electron chi connectivity index (χ1n) is 23.2. The lowest BCUT2D eigenvalue weighted by Gasteiger charge is -2.48. The molecule has 4 aromatic rings. The van der Waals surface area contributed by atoms with Crippen LogP contribution >= 0.6 is 11.8 Å². The molecule has 0 radical (unpaired) electrons. The Balaban J connectivity index is 0.635. The van der Waals surface area contributed by atoms with Gasteiger partial charge in [-0.2, -0.15) is 0 Å². The first-order valence-corrected chi connectivity index (χ1v) is 24.0. The van der Waals surface area contributed by atoms with E-state index < -0.39 is 11.9 Å². The minimum atomic E-state index is -0.672. The quantitative estimate of drug-likeness (QED) is 0.0900. The number of likely N-dealkylation sites (tertiary alicyclic amines) is 1. The van der Waals surface area contributed by atoms with Gasteiger partial charge < -0.3 is 36.0 Å². The molecule has 2 aromatic heterocycles. The van der Waals surface area contributed by atoms with Gasteiger partial charge >= 0.3 is 0 Å². The Hall–Kier alpha value is -5.98. The van der Waals surface area contributed by atoms with E-state index in [0.717, 1.165) is 123 Å². The summed E-state index contributed by atoms with van der Waals surface area (Å²) in [6.07, 6.45) is 14.8. The maximum absolute atomic E-state index is 13.0. The van der Waals surface area contributed by atoms with Crippen LogP contribution in [0.5, 0.6) is 0 Å². The van der Waals surface area contributed by atoms with Crippen LogP contribution in [-0.4, -0.2) is 117 Å². The van der Waals surface area contributed by atoms with Crippen LogP contribution in [0.1, 0.15) is 103 Å². The van der Waals surface area contributed by atoms with Crippen molar-refractivity contribution in [3.05, 3.63) is 89.5 Å². The monoisotopic (exact) mass is 914 g/mol. The molecule has 0 bridgehead atoms.